The molecule has 258 valence electrons. The molecule has 11 heteroatoms. The summed E-state index contributed by atoms with van der Waals surface area (Å²) >= 11 is 7.03. The van der Waals surface area contributed by atoms with Gasteiger partial charge in [0.05, 0.1) is 24.3 Å². The van der Waals surface area contributed by atoms with Crippen LogP contribution >= 0.6 is 11.6 Å². The Morgan fingerprint density at radius 3 is 2.59 bits per heavy atom. The maximum absolute atomic E-state index is 17.3. The molecule has 3 saturated carbocycles. The molecule has 8 nitrogen and oxygen atoms in total. The second kappa shape index (κ2) is 11.9. The number of fused-ring (bicyclic) bond motifs is 4. The molecular formula is C38H42ClF2N5O3. The number of benzene rings is 3. The molecule has 6 fully saturated rings. The van der Waals surface area contributed by atoms with Gasteiger partial charge in [0, 0.05) is 60.8 Å². The van der Waals surface area contributed by atoms with Gasteiger partial charge in [0.1, 0.15) is 22.9 Å². The van der Waals surface area contributed by atoms with Crippen LogP contribution in [0, 0.1) is 17.6 Å². The SMILES string of the molecule is CC1OCCN(CCCOc2nc(N3CC4CCC(C3)N4)c3cc(Cl)c(-c4cc(O)cc5ccc(F)c(C67CC(C6)C7)c45)c(F)c3n2)C1C. The number of anilines is 1. The Hall–Kier alpha value is -3.31. The zero-order chi connectivity index (χ0) is 33.6. The zero-order valence-electron chi connectivity index (χ0n) is 27.9. The molecule has 4 bridgehead atoms. The lowest BCUT2D eigenvalue weighted by atomic mass is 9.42. The van der Waals surface area contributed by atoms with Gasteiger partial charge in [0.25, 0.3) is 0 Å². The summed E-state index contributed by atoms with van der Waals surface area (Å²) in [6.45, 7) is 8.55. The van der Waals surface area contributed by atoms with Crippen LogP contribution in [0.15, 0.2) is 30.3 Å². The van der Waals surface area contributed by atoms with Crippen molar-refractivity contribution in [3.05, 3.63) is 52.6 Å². The van der Waals surface area contributed by atoms with E-state index in [9.17, 15) is 5.11 Å². The highest BCUT2D eigenvalue weighted by Gasteiger charge is 2.59. The molecule has 1 aromatic heterocycles. The van der Waals surface area contributed by atoms with Crippen molar-refractivity contribution in [1.82, 2.24) is 20.2 Å². The third-order valence-electron chi connectivity index (χ3n) is 12.1. The monoisotopic (exact) mass is 689 g/mol. The van der Waals surface area contributed by atoms with Crippen LogP contribution in [0.4, 0.5) is 14.6 Å². The Morgan fingerprint density at radius 2 is 1.86 bits per heavy atom. The molecule has 4 aromatic rings. The molecule has 0 amide bonds. The van der Waals surface area contributed by atoms with Crippen LogP contribution in [0.3, 0.4) is 0 Å². The first-order valence-electron chi connectivity index (χ1n) is 17.8. The van der Waals surface area contributed by atoms with Gasteiger partial charge in [-0.05, 0) is 104 Å². The minimum atomic E-state index is -0.634. The van der Waals surface area contributed by atoms with Crippen molar-refractivity contribution >= 4 is 39.1 Å². The fourth-order valence-electron chi connectivity index (χ4n) is 9.35. The van der Waals surface area contributed by atoms with Crippen molar-refractivity contribution in [2.24, 2.45) is 5.92 Å². The molecule has 2 N–H and O–H groups in total. The lowest BCUT2D eigenvalue weighted by molar-refractivity contribution is -0.0561. The molecule has 3 aromatic carbocycles. The van der Waals surface area contributed by atoms with Crippen LogP contribution in [0.1, 0.15) is 57.9 Å². The van der Waals surface area contributed by atoms with E-state index in [1.54, 1.807) is 18.2 Å². The summed E-state index contributed by atoms with van der Waals surface area (Å²) in [6, 6.07) is 9.05. The third-order valence-corrected chi connectivity index (χ3v) is 12.4. The summed E-state index contributed by atoms with van der Waals surface area (Å²) in [5.74, 6) is 0.240. The maximum Gasteiger partial charge on any atom is 0.319 e. The molecule has 4 atom stereocenters. The molecule has 10 rings (SSSR count). The number of aromatic nitrogens is 2. The number of morpholine rings is 1. The van der Waals surface area contributed by atoms with E-state index < -0.39 is 5.82 Å². The van der Waals surface area contributed by atoms with Gasteiger partial charge in [-0.15, -0.1) is 0 Å². The highest BCUT2D eigenvalue weighted by atomic mass is 35.5. The molecule has 6 aliphatic rings. The maximum atomic E-state index is 17.3. The van der Waals surface area contributed by atoms with Gasteiger partial charge in [-0.3, -0.25) is 4.90 Å². The molecule has 0 spiro atoms. The number of ether oxygens (including phenoxy) is 2. The Bertz CT molecular complexity index is 1950. The Kier molecular flexibility index (Phi) is 7.68. The van der Waals surface area contributed by atoms with Crippen molar-refractivity contribution in [2.45, 2.75) is 82.0 Å². The van der Waals surface area contributed by atoms with E-state index in [0.29, 0.717) is 70.4 Å². The summed E-state index contributed by atoms with van der Waals surface area (Å²) in [5.41, 5.74) is 0.913. The van der Waals surface area contributed by atoms with Crippen molar-refractivity contribution in [3.63, 3.8) is 0 Å². The zero-order valence-corrected chi connectivity index (χ0v) is 28.7. The number of piperazine rings is 1. The van der Waals surface area contributed by atoms with Crippen LogP contribution in [-0.2, 0) is 10.2 Å². The number of phenolic OH excluding ortho intramolecular Hbond substituents is 1. The molecule has 3 aliphatic heterocycles. The van der Waals surface area contributed by atoms with E-state index in [-0.39, 0.29) is 45.2 Å². The summed E-state index contributed by atoms with van der Waals surface area (Å²) in [6.07, 6.45) is 5.86. The highest BCUT2D eigenvalue weighted by molar-refractivity contribution is 6.35. The summed E-state index contributed by atoms with van der Waals surface area (Å²) < 4.78 is 45.0. The number of nitrogens with one attached hydrogen (secondary N) is 1. The lowest BCUT2D eigenvalue weighted by Gasteiger charge is -2.62. The molecule has 49 heavy (non-hydrogen) atoms. The number of aromatic hydroxyl groups is 1. The van der Waals surface area contributed by atoms with Crippen LogP contribution < -0.4 is 15.0 Å². The fraction of sp³-hybridized carbons (Fsp3) is 0.526. The first-order chi connectivity index (χ1) is 23.7. The first-order valence-corrected chi connectivity index (χ1v) is 18.2. The number of halogens is 3. The largest absolute Gasteiger partial charge is 0.508 e. The van der Waals surface area contributed by atoms with E-state index >= 15 is 8.78 Å². The van der Waals surface area contributed by atoms with E-state index in [1.807, 2.05) is 0 Å². The Labute approximate surface area is 289 Å². The molecule has 3 saturated heterocycles. The van der Waals surface area contributed by atoms with Gasteiger partial charge in [-0.25, -0.2) is 8.78 Å². The number of hydrogen-bond donors (Lipinski definition) is 2. The van der Waals surface area contributed by atoms with Crippen LogP contribution in [0.5, 0.6) is 11.8 Å². The van der Waals surface area contributed by atoms with E-state index in [4.69, 9.17) is 26.1 Å². The minimum absolute atomic E-state index is 0.0408. The number of phenols is 1. The van der Waals surface area contributed by atoms with Crippen LogP contribution in [0.25, 0.3) is 32.8 Å². The number of hydrogen-bond acceptors (Lipinski definition) is 8. The van der Waals surface area contributed by atoms with Gasteiger partial charge < -0.3 is 24.8 Å². The fourth-order valence-corrected chi connectivity index (χ4v) is 9.64. The topological polar surface area (TPSA) is 83.0 Å². The second-order valence-corrected chi connectivity index (χ2v) is 15.6. The molecule has 4 heterocycles. The van der Waals surface area contributed by atoms with E-state index in [1.165, 1.54) is 12.1 Å². The van der Waals surface area contributed by atoms with E-state index in [0.717, 1.165) is 64.7 Å². The summed E-state index contributed by atoms with van der Waals surface area (Å²) in [4.78, 5) is 14.1. The van der Waals surface area contributed by atoms with Gasteiger partial charge in [0.15, 0.2) is 5.82 Å². The van der Waals surface area contributed by atoms with Crippen LogP contribution in [0.2, 0.25) is 5.02 Å². The molecule has 0 radical (unpaired) electrons. The predicted octanol–water partition coefficient (Wildman–Crippen LogP) is 6.96. The summed E-state index contributed by atoms with van der Waals surface area (Å²) in [7, 11) is 0. The smallest absolute Gasteiger partial charge is 0.319 e. The van der Waals surface area contributed by atoms with Crippen molar-refractivity contribution in [1.29, 1.82) is 0 Å². The average molecular weight is 690 g/mol. The Balaban J connectivity index is 1.14. The molecule has 4 unspecified atom stereocenters. The van der Waals surface area contributed by atoms with E-state index in [2.05, 4.69) is 33.9 Å². The van der Waals surface area contributed by atoms with Gasteiger partial charge in [-0.1, -0.05) is 17.7 Å². The van der Waals surface area contributed by atoms with Crippen LogP contribution in [-0.4, -0.2) is 83.6 Å². The quantitative estimate of drug-likeness (QED) is 0.192. The second-order valence-electron chi connectivity index (χ2n) is 15.1. The lowest BCUT2D eigenvalue weighted by Crippen LogP contribution is -2.55. The Morgan fingerprint density at radius 1 is 1.08 bits per heavy atom. The van der Waals surface area contributed by atoms with Crippen molar-refractivity contribution in [3.8, 4) is 22.9 Å². The highest BCUT2D eigenvalue weighted by Crippen LogP contribution is 2.67. The van der Waals surface area contributed by atoms with Gasteiger partial charge in [0.2, 0.25) is 0 Å². The normalized spacial score (nSPS) is 29.3. The molecular weight excluding hydrogens is 648 g/mol. The van der Waals surface area contributed by atoms with Gasteiger partial charge >= 0.3 is 6.01 Å². The van der Waals surface area contributed by atoms with Gasteiger partial charge in [-0.2, -0.15) is 9.97 Å². The van der Waals surface area contributed by atoms with Crippen molar-refractivity contribution < 1.29 is 23.4 Å². The molecule has 3 aliphatic carbocycles. The van der Waals surface area contributed by atoms with Crippen molar-refractivity contribution in [2.75, 3.05) is 44.3 Å². The number of rotatable bonds is 8. The standard InChI is InChI=1S/C38H42ClF2N5O3/c1-20-21(2)48-11-9-45(20)8-3-10-49-37-43-35-28(36(44-37)46-18-24-5-6-25(19-46)42-24)14-29(39)32(34(35)41)27-13-26(47)12-23-4-7-30(40)33(31(23)27)38-15-22(16-38)17-38/h4,7,12-14,20-22,24-25,42,47H,3,5-6,8-11,15-19H2,1-2H3. The average Bonchev–Trinajstić information content (AvgIpc) is 3.37. The first kappa shape index (κ1) is 31.7. The number of nitrogens with zero attached hydrogens (tertiary/aromatic N) is 4. The summed E-state index contributed by atoms with van der Waals surface area (Å²) in [5, 5.41) is 16.4. The predicted molar refractivity (Wildman–Crippen MR) is 187 cm³/mol. The minimum Gasteiger partial charge on any atom is -0.508 e. The third kappa shape index (κ3) is 5.24.